The summed E-state index contributed by atoms with van der Waals surface area (Å²) in [5.41, 5.74) is 1.05. The van der Waals surface area contributed by atoms with Crippen molar-refractivity contribution in [1.82, 2.24) is 4.98 Å². The SMILES string of the molecule is O=C(Nc1cc(Br)ccc1Cl)c1cccnc1. The van der Waals surface area contributed by atoms with Crippen LogP contribution in [0.3, 0.4) is 0 Å². The lowest BCUT2D eigenvalue weighted by Gasteiger charge is -2.07. The van der Waals surface area contributed by atoms with Gasteiger partial charge < -0.3 is 5.32 Å². The van der Waals surface area contributed by atoms with Gasteiger partial charge in [0.05, 0.1) is 16.3 Å². The number of anilines is 1. The number of hydrogen-bond donors (Lipinski definition) is 1. The van der Waals surface area contributed by atoms with Crippen molar-refractivity contribution in [3.63, 3.8) is 0 Å². The Labute approximate surface area is 112 Å². The largest absolute Gasteiger partial charge is 0.321 e. The molecular formula is C12H8BrClN2O. The van der Waals surface area contributed by atoms with E-state index in [0.717, 1.165) is 4.47 Å². The molecule has 0 aliphatic heterocycles. The molecule has 0 fully saturated rings. The monoisotopic (exact) mass is 310 g/mol. The molecule has 5 heteroatoms. The van der Waals surface area contributed by atoms with E-state index < -0.39 is 0 Å². The summed E-state index contributed by atoms with van der Waals surface area (Å²) in [6, 6.07) is 8.66. The summed E-state index contributed by atoms with van der Waals surface area (Å²) in [6.45, 7) is 0. The van der Waals surface area contributed by atoms with Crippen LogP contribution in [0.25, 0.3) is 0 Å². The third-order valence-electron chi connectivity index (χ3n) is 2.10. The summed E-state index contributed by atoms with van der Waals surface area (Å²) in [7, 11) is 0. The summed E-state index contributed by atoms with van der Waals surface area (Å²) in [5, 5.41) is 3.22. The predicted molar refractivity (Wildman–Crippen MR) is 71.3 cm³/mol. The highest BCUT2D eigenvalue weighted by Gasteiger charge is 2.08. The van der Waals surface area contributed by atoms with Gasteiger partial charge in [-0.3, -0.25) is 9.78 Å². The number of amides is 1. The van der Waals surface area contributed by atoms with E-state index in [4.69, 9.17) is 11.6 Å². The number of pyridine rings is 1. The molecule has 0 aliphatic carbocycles. The first-order valence-corrected chi connectivity index (χ1v) is 6.00. The summed E-state index contributed by atoms with van der Waals surface area (Å²) >= 11 is 9.30. The first kappa shape index (κ1) is 12.1. The molecule has 1 N–H and O–H groups in total. The standard InChI is InChI=1S/C12H8BrClN2O/c13-9-3-4-10(14)11(6-9)16-12(17)8-2-1-5-15-7-8/h1-7H,(H,16,17). The van der Waals surface area contributed by atoms with Crippen LogP contribution in [0.15, 0.2) is 47.2 Å². The van der Waals surface area contributed by atoms with E-state index >= 15 is 0 Å². The molecule has 86 valence electrons. The van der Waals surface area contributed by atoms with Crippen molar-refractivity contribution in [3.05, 3.63) is 57.8 Å². The molecule has 1 heterocycles. The number of nitrogens with one attached hydrogen (secondary N) is 1. The molecule has 0 spiro atoms. The number of aromatic nitrogens is 1. The number of nitrogens with zero attached hydrogens (tertiary/aromatic N) is 1. The number of carbonyl (C=O) groups is 1. The minimum absolute atomic E-state index is 0.238. The summed E-state index contributed by atoms with van der Waals surface area (Å²) < 4.78 is 0.850. The van der Waals surface area contributed by atoms with Crippen molar-refractivity contribution in [2.45, 2.75) is 0 Å². The maximum Gasteiger partial charge on any atom is 0.257 e. The van der Waals surface area contributed by atoms with Crippen molar-refractivity contribution < 1.29 is 4.79 Å². The van der Waals surface area contributed by atoms with Gasteiger partial charge in [-0.1, -0.05) is 27.5 Å². The summed E-state index contributed by atoms with van der Waals surface area (Å²) in [6.07, 6.45) is 3.12. The Balaban J connectivity index is 2.22. The average molecular weight is 312 g/mol. The Morgan fingerprint density at radius 3 is 2.88 bits per heavy atom. The molecule has 0 atom stereocenters. The van der Waals surface area contributed by atoms with Gasteiger partial charge in [-0.15, -0.1) is 0 Å². The predicted octanol–water partition coefficient (Wildman–Crippen LogP) is 3.75. The highest BCUT2D eigenvalue weighted by molar-refractivity contribution is 9.10. The second kappa shape index (κ2) is 5.29. The zero-order chi connectivity index (χ0) is 12.3. The van der Waals surface area contributed by atoms with E-state index in [-0.39, 0.29) is 5.91 Å². The molecule has 1 aromatic heterocycles. The Hall–Kier alpha value is -1.39. The minimum Gasteiger partial charge on any atom is -0.321 e. The van der Waals surface area contributed by atoms with Gasteiger partial charge in [0.25, 0.3) is 5.91 Å². The van der Waals surface area contributed by atoms with Gasteiger partial charge in [0.1, 0.15) is 0 Å². The fraction of sp³-hybridized carbons (Fsp3) is 0. The minimum atomic E-state index is -0.238. The fourth-order valence-corrected chi connectivity index (χ4v) is 1.81. The molecule has 3 nitrogen and oxygen atoms in total. The molecule has 0 unspecified atom stereocenters. The van der Waals surface area contributed by atoms with Crippen molar-refractivity contribution in [2.24, 2.45) is 0 Å². The van der Waals surface area contributed by atoms with Crippen LogP contribution >= 0.6 is 27.5 Å². The van der Waals surface area contributed by atoms with Crippen LogP contribution in [-0.4, -0.2) is 10.9 Å². The summed E-state index contributed by atoms with van der Waals surface area (Å²) in [5.74, 6) is -0.238. The molecule has 0 radical (unpaired) electrons. The van der Waals surface area contributed by atoms with E-state index in [2.05, 4.69) is 26.2 Å². The Morgan fingerprint density at radius 1 is 1.35 bits per heavy atom. The molecule has 1 amide bonds. The molecule has 0 saturated heterocycles. The quantitative estimate of drug-likeness (QED) is 0.918. The highest BCUT2D eigenvalue weighted by atomic mass is 79.9. The van der Waals surface area contributed by atoms with Crippen LogP contribution in [0.4, 0.5) is 5.69 Å². The zero-order valence-corrected chi connectivity index (χ0v) is 11.0. The van der Waals surface area contributed by atoms with Crippen LogP contribution < -0.4 is 5.32 Å². The third kappa shape index (κ3) is 3.05. The molecule has 0 saturated carbocycles. The van der Waals surface area contributed by atoms with Gasteiger partial charge >= 0.3 is 0 Å². The van der Waals surface area contributed by atoms with E-state index in [1.807, 2.05) is 6.07 Å². The van der Waals surface area contributed by atoms with Gasteiger partial charge in [-0.05, 0) is 30.3 Å². The second-order valence-corrected chi connectivity index (χ2v) is 4.64. The number of benzene rings is 1. The molecular weight excluding hydrogens is 304 g/mol. The summed E-state index contributed by atoms with van der Waals surface area (Å²) in [4.78, 5) is 15.7. The third-order valence-corrected chi connectivity index (χ3v) is 2.92. The van der Waals surface area contributed by atoms with Crippen molar-refractivity contribution in [1.29, 1.82) is 0 Å². The van der Waals surface area contributed by atoms with Crippen LogP contribution in [-0.2, 0) is 0 Å². The van der Waals surface area contributed by atoms with Crippen LogP contribution in [0.2, 0.25) is 5.02 Å². The molecule has 2 aromatic rings. The first-order chi connectivity index (χ1) is 8.16. The number of rotatable bonds is 2. The maximum atomic E-state index is 11.9. The molecule has 2 rings (SSSR count). The Morgan fingerprint density at radius 2 is 2.18 bits per heavy atom. The van der Waals surface area contributed by atoms with E-state index in [1.165, 1.54) is 6.20 Å². The Bertz CT molecular complexity index is 545. The fourth-order valence-electron chi connectivity index (χ4n) is 1.28. The number of halogens is 2. The lowest BCUT2D eigenvalue weighted by Crippen LogP contribution is -2.12. The molecule has 1 aromatic carbocycles. The topological polar surface area (TPSA) is 42.0 Å². The van der Waals surface area contributed by atoms with Crippen LogP contribution in [0.5, 0.6) is 0 Å². The first-order valence-electron chi connectivity index (χ1n) is 4.83. The van der Waals surface area contributed by atoms with Gasteiger partial charge in [0.15, 0.2) is 0 Å². The van der Waals surface area contributed by atoms with Gasteiger partial charge in [0, 0.05) is 16.9 Å². The van der Waals surface area contributed by atoms with Crippen LogP contribution in [0, 0.1) is 0 Å². The number of carbonyl (C=O) groups excluding carboxylic acids is 1. The molecule has 0 aliphatic rings. The Kier molecular flexibility index (Phi) is 3.76. The van der Waals surface area contributed by atoms with Gasteiger partial charge in [0.2, 0.25) is 0 Å². The van der Waals surface area contributed by atoms with Gasteiger partial charge in [-0.25, -0.2) is 0 Å². The van der Waals surface area contributed by atoms with Crippen molar-refractivity contribution in [2.75, 3.05) is 5.32 Å². The zero-order valence-electron chi connectivity index (χ0n) is 8.65. The highest BCUT2D eigenvalue weighted by Crippen LogP contribution is 2.26. The molecule has 0 bridgehead atoms. The smallest absolute Gasteiger partial charge is 0.257 e. The van der Waals surface area contributed by atoms with E-state index in [9.17, 15) is 4.79 Å². The second-order valence-electron chi connectivity index (χ2n) is 3.32. The van der Waals surface area contributed by atoms with E-state index in [0.29, 0.717) is 16.3 Å². The van der Waals surface area contributed by atoms with Crippen molar-refractivity contribution >= 4 is 39.1 Å². The number of hydrogen-bond acceptors (Lipinski definition) is 2. The van der Waals surface area contributed by atoms with Gasteiger partial charge in [-0.2, -0.15) is 0 Å². The van der Waals surface area contributed by atoms with E-state index in [1.54, 1.807) is 30.5 Å². The van der Waals surface area contributed by atoms with Crippen LogP contribution in [0.1, 0.15) is 10.4 Å². The lowest BCUT2D eigenvalue weighted by atomic mass is 10.2. The maximum absolute atomic E-state index is 11.9. The van der Waals surface area contributed by atoms with Crippen molar-refractivity contribution in [3.8, 4) is 0 Å². The normalized spacial score (nSPS) is 10.0. The average Bonchev–Trinajstić information content (AvgIpc) is 2.35. The lowest BCUT2D eigenvalue weighted by molar-refractivity contribution is 0.102. The molecule has 17 heavy (non-hydrogen) atoms.